The van der Waals surface area contributed by atoms with E-state index < -0.39 is 23.0 Å². The molecule has 8 rings (SSSR count). The molecule has 0 fully saturated rings. The number of para-hydroxylation sites is 2. The lowest BCUT2D eigenvalue weighted by molar-refractivity contribution is 0.111. The molecule has 0 N–H and O–H groups in total. The standard InChI is InChI=1S/C40H28N3O10P3.11CH4.H3P/c44-25-29-9-17-33(18-10-29)48-54(49-34-19-11-30(26-45)12-20-34)41-55(50-35-21-13-31(27-46)14-22-35,51-36-23-15-32(28-47)16-24-36)43-56(42-54)52-39-7-3-1-5-37(39)38-6-2-4-8-40(38)53-56;;;;;;;;;;;;/h1-28H;11*1H4;1H3. The summed E-state index contributed by atoms with van der Waals surface area (Å²) >= 11 is 0. The summed E-state index contributed by atoms with van der Waals surface area (Å²) in [4.78, 5) is 46.3. The van der Waals surface area contributed by atoms with E-state index in [0.717, 1.165) is 0 Å². The first-order chi connectivity index (χ1) is 27.3. The quantitative estimate of drug-likeness (QED) is 0.0852. The van der Waals surface area contributed by atoms with E-state index in [1.54, 1.807) is 121 Å². The molecule has 6 aromatic carbocycles. The molecule has 1 unspecified atom stereocenters. The largest absolute Gasteiger partial charge is 0.460 e. The van der Waals surface area contributed by atoms with Crippen molar-refractivity contribution in [2.24, 2.45) is 13.5 Å². The van der Waals surface area contributed by atoms with Crippen LogP contribution in [0, 0.1) is 0 Å². The molecule has 1 atom stereocenters. The molecule has 6 aromatic rings. The Kier molecular flexibility index (Phi) is 31.6. The van der Waals surface area contributed by atoms with E-state index in [4.69, 9.17) is 40.7 Å². The van der Waals surface area contributed by atoms with Crippen LogP contribution in [0.4, 0.5) is 0 Å². The van der Waals surface area contributed by atoms with Crippen LogP contribution >= 0.6 is 32.9 Å². The molecule has 0 aromatic heterocycles. The fourth-order valence-corrected chi connectivity index (χ4v) is 14.6. The number of hydrogen-bond donors (Lipinski definition) is 0. The van der Waals surface area contributed by atoms with Gasteiger partial charge in [0, 0.05) is 33.4 Å². The molecule has 0 amide bonds. The number of carbonyl (C=O) groups is 4. The highest BCUT2D eigenvalue weighted by molar-refractivity contribution is 7.79. The number of rotatable bonds is 12. The monoisotopic (exact) mass is 1010 g/mol. The molecule has 2 aliphatic rings. The SMILES string of the molecule is C.C.C.C.C.C.C.C.C.C.C.O=Cc1ccc(OP2(Oc3ccc(C=O)cc3)=NP(Oc3ccc(C=O)cc3)(Oc3ccc(C=O)cc3)=NP3(=N2)Oc2ccccc2-c2ccccc2O3)cc1.P. The smallest absolute Gasteiger partial charge is 0.413 e. The molecule has 68 heavy (non-hydrogen) atoms. The van der Waals surface area contributed by atoms with Crippen molar-refractivity contribution in [2.75, 3.05) is 0 Å². The third kappa shape index (κ3) is 15.5. The van der Waals surface area contributed by atoms with Gasteiger partial charge in [0.2, 0.25) is 0 Å². The van der Waals surface area contributed by atoms with E-state index in [0.29, 0.717) is 70.0 Å². The van der Waals surface area contributed by atoms with Crippen molar-refractivity contribution in [3.63, 3.8) is 0 Å². The van der Waals surface area contributed by atoms with Gasteiger partial charge in [-0.05, 0) is 109 Å². The predicted molar refractivity (Wildman–Crippen MR) is 296 cm³/mol. The summed E-state index contributed by atoms with van der Waals surface area (Å²) in [5.74, 6) is 1.60. The summed E-state index contributed by atoms with van der Waals surface area (Å²) in [6.45, 7) is 0. The zero-order chi connectivity index (χ0) is 38.6. The zero-order valence-corrected chi connectivity index (χ0v) is 33.7. The Morgan fingerprint density at radius 3 is 0.853 bits per heavy atom. The summed E-state index contributed by atoms with van der Waals surface area (Å²) in [5, 5.41) is 0. The lowest BCUT2D eigenvalue weighted by Crippen LogP contribution is -2.11. The van der Waals surface area contributed by atoms with Gasteiger partial charge in [-0.1, -0.05) is 132 Å². The van der Waals surface area contributed by atoms with Crippen LogP contribution in [0.2, 0.25) is 0 Å². The molecule has 2 aliphatic heterocycles. The number of nitrogens with zero attached hydrogens (tertiary/aromatic N) is 3. The van der Waals surface area contributed by atoms with Crippen molar-refractivity contribution >= 4 is 58.0 Å². The fourth-order valence-electron chi connectivity index (χ4n) is 5.53. The molecule has 1 spiro atoms. The van der Waals surface area contributed by atoms with Crippen molar-refractivity contribution < 1.29 is 46.3 Å². The molecule has 0 saturated heterocycles. The second-order valence-corrected chi connectivity index (χ2v) is 18.2. The van der Waals surface area contributed by atoms with Crippen LogP contribution < -0.4 is 27.1 Å². The van der Waals surface area contributed by atoms with Gasteiger partial charge in [0.05, 0.1) is 0 Å². The summed E-state index contributed by atoms with van der Waals surface area (Å²) in [5.41, 5.74) is 2.96. The van der Waals surface area contributed by atoms with Gasteiger partial charge in [-0.3, -0.25) is 19.2 Å². The van der Waals surface area contributed by atoms with E-state index in [1.165, 1.54) is 0 Å². The maximum Gasteiger partial charge on any atom is 0.460 e. The van der Waals surface area contributed by atoms with Crippen molar-refractivity contribution in [3.05, 3.63) is 168 Å². The zero-order valence-electron chi connectivity index (χ0n) is 29.6. The lowest BCUT2D eigenvalue weighted by Gasteiger charge is -2.32. The summed E-state index contributed by atoms with van der Waals surface area (Å²) in [7, 11) is -12.6. The number of fused-ring (bicyclic) bond motifs is 3. The maximum atomic E-state index is 11.6. The average molecular weight is 1010 g/mol. The van der Waals surface area contributed by atoms with Crippen molar-refractivity contribution in [3.8, 4) is 45.6 Å². The fraction of sp³-hybridized carbons (Fsp3) is 0.216. The van der Waals surface area contributed by atoms with Gasteiger partial charge in [-0.2, -0.15) is 9.90 Å². The molecule has 13 nitrogen and oxygen atoms in total. The highest BCUT2D eigenvalue weighted by atomic mass is 31.3. The topological polar surface area (TPSA) is 161 Å². The van der Waals surface area contributed by atoms with Gasteiger partial charge in [-0.15, -0.1) is 0 Å². The molecular weight excluding hydrogens is 938 g/mol. The molecule has 0 radical (unpaired) electrons. The first kappa shape index (κ1) is 70.9. The summed E-state index contributed by atoms with van der Waals surface area (Å²) in [6.07, 6.45) is 2.78. The Hall–Kier alpha value is -6.08. The average Bonchev–Trinajstić information content (AvgIpc) is 3.35. The molecular formula is C51H75N3O10P4. The molecule has 374 valence electrons. The van der Waals surface area contributed by atoms with Crippen molar-refractivity contribution in [1.29, 1.82) is 0 Å². The van der Waals surface area contributed by atoms with Crippen LogP contribution in [0.5, 0.6) is 34.5 Å². The first-order valence-electron chi connectivity index (χ1n) is 16.8. The minimum atomic E-state index is -4.22. The van der Waals surface area contributed by atoms with Gasteiger partial charge >= 0.3 is 23.0 Å². The highest BCUT2D eigenvalue weighted by Gasteiger charge is 2.50. The third-order valence-corrected chi connectivity index (χ3v) is 16.2. The Bertz CT molecular complexity index is 2380. The molecule has 0 aliphatic carbocycles. The van der Waals surface area contributed by atoms with E-state index in [2.05, 4.69) is 0 Å². The van der Waals surface area contributed by atoms with Gasteiger partial charge in [0.15, 0.2) is 0 Å². The Labute approximate surface area is 411 Å². The summed E-state index contributed by atoms with van der Waals surface area (Å²) in [6, 6.07) is 39.5. The molecule has 17 heteroatoms. The van der Waals surface area contributed by atoms with Gasteiger partial charge in [0.1, 0.15) is 59.6 Å². The van der Waals surface area contributed by atoms with E-state index in [9.17, 15) is 19.2 Å². The molecule has 0 bridgehead atoms. The normalized spacial score (nSPS) is 12.5. The van der Waals surface area contributed by atoms with Crippen LogP contribution in [-0.4, -0.2) is 25.1 Å². The third-order valence-electron chi connectivity index (χ3n) is 8.14. The minimum Gasteiger partial charge on any atom is -0.413 e. The Morgan fingerprint density at radius 1 is 0.338 bits per heavy atom. The Morgan fingerprint density at radius 2 is 0.588 bits per heavy atom. The first-order valence-corrected chi connectivity index (χ1v) is 21.4. The van der Waals surface area contributed by atoms with Gasteiger partial charge in [-0.25, -0.2) is 0 Å². The van der Waals surface area contributed by atoms with E-state index in [-0.39, 0.29) is 115 Å². The number of benzene rings is 6. The van der Waals surface area contributed by atoms with Gasteiger partial charge in [0.25, 0.3) is 0 Å². The molecule has 2 heterocycles. The van der Waals surface area contributed by atoms with E-state index in [1.807, 2.05) is 24.3 Å². The number of carbonyl (C=O) groups excluding carboxylic acids is 4. The van der Waals surface area contributed by atoms with Crippen LogP contribution in [-0.2, 0) is 0 Å². The van der Waals surface area contributed by atoms with Crippen LogP contribution in [0.25, 0.3) is 11.1 Å². The van der Waals surface area contributed by atoms with E-state index >= 15 is 0 Å². The lowest BCUT2D eigenvalue weighted by atomic mass is 10.0. The Balaban J connectivity index is -0.00000110. The van der Waals surface area contributed by atoms with Crippen molar-refractivity contribution in [1.82, 2.24) is 0 Å². The van der Waals surface area contributed by atoms with Crippen LogP contribution in [0.1, 0.15) is 123 Å². The molecule has 0 saturated carbocycles. The second-order valence-electron chi connectivity index (χ2n) is 12.0. The number of hydrogen-bond acceptors (Lipinski definition) is 13. The maximum absolute atomic E-state index is 11.6. The van der Waals surface area contributed by atoms with Gasteiger partial charge < -0.3 is 27.1 Å². The van der Waals surface area contributed by atoms with Crippen molar-refractivity contribution in [2.45, 2.75) is 81.7 Å². The minimum absolute atomic E-state index is 0. The highest BCUT2D eigenvalue weighted by Crippen LogP contribution is 2.79. The number of aldehydes is 4. The predicted octanol–water partition coefficient (Wildman–Crippen LogP) is 18.6. The van der Waals surface area contributed by atoms with Crippen LogP contribution in [0.3, 0.4) is 0 Å². The second kappa shape index (κ2) is 30.3. The summed E-state index contributed by atoms with van der Waals surface area (Å²) < 4.78 is 55.8. The van der Waals surface area contributed by atoms with Crippen LogP contribution in [0.15, 0.2) is 159 Å².